The van der Waals surface area contributed by atoms with E-state index in [4.69, 9.17) is 0 Å². The number of phenolic OH excluding ortho intramolecular Hbond substituents is 1. The van der Waals surface area contributed by atoms with Crippen molar-refractivity contribution >= 4 is 23.0 Å². The van der Waals surface area contributed by atoms with Crippen LogP contribution in [0, 0.1) is 5.92 Å². The highest BCUT2D eigenvalue weighted by molar-refractivity contribution is 5.99. The molecule has 7 nitrogen and oxygen atoms in total. The second kappa shape index (κ2) is 10.1. The SMILES string of the molecule is C/C=C(\C=C(/C1CC1)[C@@H](CC)Nc1c(Nc2cccc(C(=O)N(C)C)c2O)c(=O)c1=O)CC. The molecule has 0 unspecified atom stereocenters. The van der Waals surface area contributed by atoms with E-state index in [1.54, 1.807) is 26.2 Å². The number of hydrogen-bond acceptors (Lipinski definition) is 6. The summed E-state index contributed by atoms with van der Waals surface area (Å²) in [5, 5.41) is 16.8. The molecule has 1 aliphatic carbocycles. The lowest BCUT2D eigenvalue weighted by Crippen LogP contribution is -2.39. The summed E-state index contributed by atoms with van der Waals surface area (Å²) in [5.74, 6) is -0.133. The molecule has 1 atom stereocenters. The summed E-state index contributed by atoms with van der Waals surface area (Å²) in [6, 6.07) is 4.62. The molecule has 3 N–H and O–H groups in total. The maximum Gasteiger partial charge on any atom is 0.257 e. The predicted molar refractivity (Wildman–Crippen MR) is 133 cm³/mol. The summed E-state index contributed by atoms with van der Waals surface area (Å²) in [6.07, 6.45) is 8.27. The van der Waals surface area contributed by atoms with E-state index in [1.807, 2.05) is 6.92 Å². The summed E-state index contributed by atoms with van der Waals surface area (Å²) in [6.45, 7) is 6.19. The number of anilines is 3. The van der Waals surface area contributed by atoms with E-state index in [1.165, 1.54) is 22.1 Å². The molecule has 176 valence electrons. The number of carbonyl (C=O) groups is 1. The fourth-order valence-electron chi connectivity index (χ4n) is 3.96. The van der Waals surface area contributed by atoms with E-state index >= 15 is 0 Å². The summed E-state index contributed by atoms with van der Waals surface area (Å²) < 4.78 is 0. The van der Waals surface area contributed by atoms with Gasteiger partial charge in [0.2, 0.25) is 0 Å². The van der Waals surface area contributed by atoms with Gasteiger partial charge in [0.15, 0.2) is 5.75 Å². The molecule has 1 saturated carbocycles. The molecule has 1 aliphatic rings. The molecule has 0 aliphatic heterocycles. The van der Waals surface area contributed by atoms with E-state index < -0.39 is 10.9 Å². The molecule has 0 saturated heterocycles. The first-order valence-corrected chi connectivity index (χ1v) is 11.5. The van der Waals surface area contributed by atoms with Gasteiger partial charge < -0.3 is 20.6 Å². The Morgan fingerprint density at radius 3 is 2.39 bits per heavy atom. The van der Waals surface area contributed by atoms with Crippen LogP contribution in [0.1, 0.15) is 56.8 Å². The molecule has 1 amide bonds. The largest absolute Gasteiger partial charge is 0.505 e. The highest BCUT2D eigenvalue weighted by atomic mass is 16.3. The lowest BCUT2D eigenvalue weighted by molar-refractivity contribution is 0.0824. The Hall–Kier alpha value is -3.35. The summed E-state index contributed by atoms with van der Waals surface area (Å²) >= 11 is 0. The van der Waals surface area contributed by atoms with Gasteiger partial charge in [-0.1, -0.05) is 37.6 Å². The van der Waals surface area contributed by atoms with Crippen molar-refractivity contribution in [3.63, 3.8) is 0 Å². The van der Waals surface area contributed by atoms with Gasteiger partial charge in [-0.15, -0.1) is 0 Å². The normalized spacial score (nSPS) is 15.4. The summed E-state index contributed by atoms with van der Waals surface area (Å²) in [7, 11) is 3.18. The van der Waals surface area contributed by atoms with Crippen LogP contribution in [-0.4, -0.2) is 36.1 Å². The number of amides is 1. The zero-order chi connectivity index (χ0) is 24.3. The molecule has 2 aromatic rings. The number of para-hydroxylation sites is 1. The number of nitrogens with one attached hydrogen (secondary N) is 2. The number of allylic oxidation sites excluding steroid dienone is 3. The standard InChI is InChI=1S/C26H33N3O4/c1-6-15(7-2)14-18(16-12-13-16)19(8-3)27-21-22(25(32)24(21)31)28-20-11-9-10-17(23(20)30)26(33)29(4)5/h6,9-11,14,16,19,27-28,30H,7-8,12-13H2,1-5H3/b15-6-,18-14+/t19-/m1/s1. The van der Waals surface area contributed by atoms with Crippen molar-refractivity contribution in [3.8, 4) is 5.75 Å². The molecule has 3 rings (SSSR count). The molecule has 0 bridgehead atoms. The average molecular weight is 452 g/mol. The Balaban J connectivity index is 1.91. The van der Waals surface area contributed by atoms with Crippen LogP contribution in [0.2, 0.25) is 0 Å². The second-order valence-corrected chi connectivity index (χ2v) is 8.68. The summed E-state index contributed by atoms with van der Waals surface area (Å²) in [5.41, 5.74) is 1.93. The number of benzene rings is 1. The third-order valence-electron chi connectivity index (χ3n) is 6.15. The lowest BCUT2D eigenvalue weighted by atomic mass is 9.95. The molecule has 1 fully saturated rings. The smallest absolute Gasteiger partial charge is 0.257 e. The number of aromatic hydroxyl groups is 1. The Morgan fingerprint density at radius 1 is 1.18 bits per heavy atom. The Kier molecular flexibility index (Phi) is 7.41. The van der Waals surface area contributed by atoms with E-state index in [9.17, 15) is 19.5 Å². The number of hydrogen-bond donors (Lipinski definition) is 3. The Morgan fingerprint density at radius 2 is 1.85 bits per heavy atom. The van der Waals surface area contributed by atoms with Crippen LogP contribution in [-0.2, 0) is 0 Å². The van der Waals surface area contributed by atoms with Crippen molar-refractivity contribution in [2.24, 2.45) is 5.92 Å². The molecule has 0 aromatic heterocycles. The Bertz CT molecular complexity index is 1170. The first kappa shape index (κ1) is 24.3. The van der Waals surface area contributed by atoms with Crippen molar-refractivity contribution in [3.05, 3.63) is 67.5 Å². The van der Waals surface area contributed by atoms with E-state index in [2.05, 4.69) is 36.6 Å². The third kappa shape index (κ3) is 5.02. The quantitative estimate of drug-likeness (QED) is 0.283. The van der Waals surface area contributed by atoms with Crippen LogP contribution in [0.25, 0.3) is 0 Å². The fourth-order valence-corrected chi connectivity index (χ4v) is 3.96. The highest BCUT2D eigenvalue weighted by Gasteiger charge is 2.32. The Labute approximate surface area is 194 Å². The van der Waals surface area contributed by atoms with Gasteiger partial charge in [0.05, 0.1) is 11.3 Å². The number of nitrogens with zero attached hydrogens (tertiary/aromatic N) is 1. The maximum atomic E-state index is 12.4. The van der Waals surface area contributed by atoms with Crippen LogP contribution in [0.5, 0.6) is 5.75 Å². The highest BCUT2D eigenvalue weighted by Crippen LogP contribution is 2.41. The van der Waals surface area contributed by atoms with Crippen molar-refractivity contribution in [1.82, 2.24) is 4.90 Å². The van der Waals surface area contributed by atoms with Gasteiger partial charge in [-0.3, -0.25) is 14.4 Å². The predicted octanol–water partition coefficient (Wildman–Crippen LogP) is 4.32. The number of carbonyl (C=O) groups excluding carboxylic acids is 1. The molecular weight excluding hydrogens is 418 g/mol. The molecule has 0 spiro atoms. The van der Waals surface area contributed by atoms with E-state index in [0.717, 1.165) is 25.7 Å². The monoisotopic (exact) mass is 451 g/mol. The van der Waals surface area contributed by atoms with Crippen molar-refractivity contribution in [2.45, 2.75) is 52.5 Å². The van der Waals surface area contributed by atoms with Crippen molar-refractivity contribution in [1.29, 1.82) is 0 Å². The van der Waals surface area contributed by atoms with Gasteiger partial charge in [-0.25, -0.2) is 0 Å². The van der Waals surface area contributed by atoms with Crippen LogP contribution in [0.3, 0.4) is 0 Å². The topological polar surface area (TPSA) is 98.7 Å². The minimum atomic E-state index is -0.643. The van der Waals surface area contributed by atoms with Crippen LogP contribution < -0.4 is 21.5 Å². The van der Waals surface area contributed by atoms with Gasteiger partial charge >= 0.3 is 0 Å². The first-order valence-electron chi connectivity index (χ1n) is 11.5. The van der Waals surface area contributed by atoms with Gasteiger partial charge in [0.1, 0.15) is 11.4 Å². The second-order valence-electron chi connectivity index (χ2n) is 8.68. The molecular formula is C26H33N3O4. The molecule has 7 heteroatoms. The minimum absolute atomic E-state index is 0.0712. The van der Waals surface area contributed by atoms with Crippen LogP contribution >= 0.6 is 0 Å². The molecule has 33 heavy (non-hydrogen) atoms. The van der Waals surface area contributed by atoms with Crippen LogP contribution in [0.4, 0.5) is 17.1 Å². The maximum absolute atomic E-state index is 12.4. The minimum Gasteiger partial charge on any atom is -0.505 e. The zero-order valence-electron chi connectivity index (χ0n) is 20.0. The van der Waals surface area contributed by atoms with Gasteiger partial charge in [-0.2, -0.15) is 0 Å². The van der Waals surface area contributed by atoms with Gasteiger partial charge in [0, 0.05) is 20.1 Å². The van der Waals surface area contributed by atoms with E-state index in [-0.39, 0.29) is 40.3 Å². The van der Waals surface area contributed by atoms with E-state index in [0.29, 0.717) is 5.92 Å². The third-order valence-corrected chi connectivity index (χ3v) is 6.15. The number of rotatable bonds is 10. The fraction of sp³-hybridized carbons (Fsp3) is 0.423. The lowest BCUT2D eigenvalue weighted by Gasteiger charge is -2.25. The number of phenols is 1. The summed E-state index contributed by atoms with van der Waals surface area (Å²) in [4.78, 5) is 38.5. The van der Waals surface area contributed by atoms with Gasteiger partial charge in [0.25, 0.3) is 16.8 Å². The van der Waals surface area contributed by atoms with Crippen LogP contribution in [0.15, 0.2) is 51.1 Å². The molecule has 0 heterocycles. The van der Waals surface area contributed by atoms with Crippen molar-refractivity contribution < 1.29 is 9.90 Å². The molecule has 0 radical (unpaired) electrons. The average Bonchev–Trinajstić information content (AvgIpc) is 3.65. The van der Waals surface area contributed by atoms with Crippen molar-refractivity contribution in [2.75, 3.05) is 24.7 Å². The van der Waals surface area contributed by atoms with Gasteiger partial charge in [-0.05, 0) is 56.2 Å². The zero-order valence-corrected chi connectivity index (χ0v) is 20.0. The first-order chi connectivity index (χ1) is 15.7. The molecule has 2 aromatic carbocycles.